The Balaban J connectivity index is 1.54. The average Bonchev–Trinajstić information content (AvgIpc) is 3.59. The Morgan fingerprint density at radius 1 is 0.594 bits per heavy atom. The van der Waals surface area contributed by atoms with Crippen LogP contribution in [-0.2, 0) is 4.57 Å². The van der Waals surface area contributed by atoms with Gasteiger partial charge in [0.05, 0.1) is 4.62 Å². The topological polar surface area (TPSA) is 54.4 Å². The maximum Gasteiger partial charge on any atom is 0.345 e. The van der Waals surface area contributed by atoms with Crippen molar-refractivity contribution in [3.8, 4) is 19.5 Å². The number of aromatic carboxylic acids is 1. The van der Waals surface area contributed by atoms with Crippen LogP contribution in [0.15, 0.2) is 97.1 Å². The molecule has 3 heterocycles. The van der Waals surface area contributed by atoms with Gasteiger partial charge in [0.2, 0.25) is 0 Å². The second kappa shape index (κ2) is 8.64. The molecule has 5 aromatic rings. The summed E-state index contributed by atoms with van der Waals surface area (Å²) in [5.41, 5.74) is 0. The van der Waals surface area contributed by atoms with E-state index < -0.39 is 13.1 Å². The van der Waals surface area contributed by atoms with Crippen molar-refractivity contribution in [3.05, 3.63) is 102 Å². The van der Waals surface area contributed by atoms with Crippen LogP contribution in [0.4, 0.5) is 0 Å². The number of thiophene rings is 3. The van der Waals surface area contributed by atoms with Gasteiger partial charge in [-0.15, -0.1) is 34.0 Å². The molecule has 0 saturated heterocycles. The number of carbonyl (C=O) groups is 1. The van der Waals surface area contributed by atoms with Gasteiger partial charge in [-0.05, 0) is 36.4 Å². The van der Waals surface area contributed by atoms with Gasteiger partial charge in [-0.2, -0.15) is 0 Å². The molecule has 0 aliphatic carbocycles. The summed E-state index contributed by atoms with van der Waals surface area (Å²) in [5.74, 6) is -0.904. The predicted molar refractivity (Wildman–Crippen MR) is 137 cm³/mol. The summed E-state index contributed by atoms with van der Waals surface area (Å²) in [6, 6.07) is 30.9. The molecule has 1 N–H and O–H groups in total. The van der Waals surface area contributed by atoms with Crippen molar-refractivity contribution < 1.29 is 14.5 Å². The standard InChI is InChI=1S/C25H17O3PS3/c26-25(27)23-14-13-20(31-23)19-11-12-21(30-19)22-15-16-24(32-22)29(28,17-7-3-1-4-8-17)18-9-5-2-6-10-18/h1-16H,(H,26,27). The van der Waals surface area contributed by atoms with Crippen LogP contribution in [0, 0.1) is 0 Å². The van der Waals surface area contributed by atoms with Crippen molar-refractivity contribution >= 4 is 62.3 Å². The van der Waals surface area contributed by atoms with Crippen molar-refractivity contribution in [2.24, 2.45) is 0 Å². The highest BCUT2D eigenvalue weighted by Crippen LogP contribution is 2.47. The van der Waals surface area contributed by atoms with E-state index in [1.165, 1.54) is 11.3 Å². The van der Waals surface area contributed by atoms with Gasteiger partial charge in [0, 0.05) is 30.1 Å². The van der Waals surface area contributed by atoms with Crippen molar-refractivity contribution in [3.63, 3.8) is 0 Å². The molecule has 5 rings (SSSR count). The average molecular weight is 493 g/mol. The molecule has 0 fully saturated rings. The number of carboxylic acid groups (broad SMARTS) is 1. The first-order valence-corrected chi connectivity index (χ1v) is 14.0. The molecule has 0 aliphatic heterocycles. The SMILES string of the molecule is O=C(O)c1ccc(-c2ccc(-c3ccc(P(=O)(c4ccccc4)c4ccccc4)s3)s2)s1. The second-order valence-corrected chi connectivity index (χ2v) is 13.3. The van der Waals surface area contributed by atoms with Gasteiger partial charge >= 0.3 is 5.97 Å². The molecule has 32 heavy (non-hydrogen) atoms. The van der Waals surface area contributed by atoms with E-state index >= 15 is 0 Å². The van der Waals surface area contributed by atoms with Crippen LogP contribution in [0.1, 0.15) is 9.67 Å². The first kappa shape index (κ1) is 21.1. The van der Waals surface area contributed by atoms with Crippen LogP contribution in [0.5, 0.6) is 0 Å². The molecule has 0 saturated carbocycles. The number of rotatable bonds is 6. The molecule has 0 spiro atoms. The monoisotopic (exact) mass is 492 g/mol. The molecular formula is C25H17O3PS3. The highest BCUT2D eigenvalue weighted by atomic mass is 32.1. The fraction of sp³-hybridized carbons (Fsp3) is 0. The minimum absolute atomic E-state index is 0.333. The third kappa shape index (κ3) is 3.80. The minimum Gasteiger partial charge on any atom is -0.477 e. The molecule has 2 aromatic carbocycles. The van der Waals surface area contributed by atoms with E-state index in [0.717, 1.165) is 34.7 Å². The van der Waals surface area contributed by atoms with Crippen LogP contribution >= 0.6 is 41.2 Å². The maximum absolute atomic E-state index is 14.5. The molecule has 3 nitrogen and oxygen atoms in total. The van der Waals surface area contributed by atoms with E-state index in [1.54, 1.807) is 28.7 Å². The van der Waals surface area contributed by atoms with E-state index in [9.17, 15) is 14.5 Å². The zero-order valence-electron chi connectivity index (χ0n) is 16.7. The van der Waals surface area contributed by atoms with E-state index in [1.807, 2.05) is 91.0 Å². The second-order valence-electron chi connectivity index (χ2n) is 7.05. The lowest BCUT2D eigenvalue weighted by Gasteiger charge is -2.17. The molecule has 3 aromatic heterocycles. The van der Waals surface area contributed by atoms with Gasteiger partial charge in [-0.1, -0.05) is 60.7 Å². The minimum atomic E-state index is -2.98. The first-order valence-electron chi connectivity index (χ1n) is 9.81. The van der Waals surface area contributed by atoms with E-state index in [-0.39, 0.29) is 0 Å². The van der Waals surface area contributed by atoms with Crippen molar-refractivity contribution in [2.75, 3.05) is 0 Å². The Labute approximate surface area is 197 Å². The largest absolute Gasteiger partial charge is 0.477 e. The van der Waals surface area contributed by atoms with Gasteiger partial charge < -0.3 is 9.67 Å². The van der Waals surface area contributed by atoms with Crippen LogP contribution in [-0.4, -0.2) is 11.1 Å². The molecule has 158 valence electrons. The maximum atomic E-state index is 14.5. The van der Waals surface area contributed by atoms with Crippen LogP contribution in [0.2, 0.25) is 0 Å². The Kier molecular flexibility index (Phi) is 5.70. The fourth-order valence-electron chi connectivity index (χ4n) is 3.50. The van der Waals surface area contributed by atoms with E-state index in [2.05, 4.69) is 0 Å². The van der Waals surface area contributed by atoms with Gasteiger partial charge in [0.15, 0.2) is 7.14 Å². The smallest absolute Gasteiger partial charge is 0.345 e. The highest BCUT2D eigenvalue weighted by Gasteiger charge is 2.31. The number of hydrogen-bond acceptors (Lipinski definition) is 5. The quantitative estimate of drug-likeness (QED) is 0.274. The summed E-state index contributed by atoms with van der Waals surface area (Å²) >= 11 is 4.45. The summed E-state index contributed by atoms with van der Waals surface area (Å²) in [5, 5.41) is 10.8. The van der Waals surface area contributed by atoms with Gasteiger partial charge in [0.25, 0.3) is 0 Å². The highest BCUT2D eigenvalue weighted by molar-refractivity contribution is 7.89. The summed E-state index contributed by atoms with van der Waals surface area (Å²) in [7, 11) is -2.98. The summed E-state index contributed by atoms with van der Waals surface area (Å²) in [6.45, 7) is 0. The number of benzene rings is 2. The lowest BCUT2D eigenvalue weighted by atomic mass is 10.3. The summed E-state index contributed by atoms with van der Waals surface area (Å²) in [6.07, 6.45) is 0. The van der Waals surface area contributed by atoms with Crippen LogP contribution < -0.4 is 15.2 Å². The Morgan fingerprint density at radius 3 is 1.59 bits per heavy atom. The lowest BCUT2D eigenvalue weighted by molar-refractivity contribution is 0.0702. The van der Waals surface area contributed by atoms with Gasteiger partial charge in [-0.3, -0.25) is 0 Å². The van der Waals surface area contributed by atoms with Gasteiger partial charge in [-0.25, -0.2) is 4.79 Å². The molecule has 7 heteroatoms. The van der Waals surface area contributed by atoms with E-state index in [4.69, 9.17) is 0 Å². The fourth-order valence-corrected chi connectivity index (χ4v) is 9.99. The van der Waals surface area contributed by atoms with Crippen LogP contribution in [0.25, 0.3) is 19.5 Å². The molecule has 0 amide bonds. The normalized spacial score (nSPS) is 11.5. The van der Waals surface area contributed by atoms with Crippen molar-refractivity contribution in [1.29, 1.82) is 0 Å². The van der Waals surface area contributed by atoms with E-state index in [0.29, 0.717) is 4.88 Å². The Morgan fingerprint density at radius 2 is 1.06 bits per heavy atom. The zero-order chi connectivity index (χ0) is 22.1. The Bertz CT molecular complexity index is 1390. The number of carboxylic acids is 1. The third-order valence-corrected chi connectivity index (χ3v) is 12.4. The van der Waals surface area contributed by atoms with Crippen molar-refractivity contribution in [2.45, 2.75) is 0 Å². The molecule has 0 aliphatic rings. The first-order chi connectivity index (χ1) is 15.6. The summed E-state index contributed by atoms with van der Waals surface area (Å²) in [4.78, 5) is 15.6. The molecular weight excluding hydrogens is 475 g/mol. The molecule has 0 radical (unpaired) electrons. The lowest BCUT2D eigenvalue weighted by Crippen LogP contribution is -2.22. The number of hydrogen-bond donors (Lipinski definition) is 1. The Hall–Kier alpha value is -2.76. The van der Waals surface area contributed by atoms with Crippen molar-refractivity contribution in [1.82, 2.24) is 0 Å². The van der Waals surface area contributed by atoms with Gasteiger partial charge in [0.1, 0.15) is 4.88 Å². The predicted octanol–water partition coefficient (Wildman–Crippen LogP) is 6.54. The van der Waals surface area contributed by atoms with Crippen LogP contribution in [0.3, 0.4) is 0 Å². The molecule has 0 bridgehead atoms. The third-order valence-electron chi connectivity index (χ3n) is 5.05. The zero-order valence-corrected chi connectivity index (χ0v) is 20.0. The summed E-state index contributed by atoms with van der Waals surface area (Å²) < 4.78 is 15.4. The molecule has 0 atom stereocenters. The molecule has 0 unspecified atom stereocenters.